The summed E-state index contributed by atoms with van der Waals surface area (Å²) in [7, 11) is 0. The molecule has 0 radical (unpaired) electrons. The highest BCUT2D eigenvalue weighted by atomic mass is 16.5. The fourth-order valence-electron chi connectivity index (χ4n) is 3.20. The summed E-state index contributed by atoms with van der Waals surface area (Å²) in [6, 6.07) is 0.650. The predicted octanol–water partition coefficient (Wildman–Crippen LogP) is 2.74. The molecule has 0 bridgehead atoms. The molecule has 18 heavy (non-hydrogen) atoms. The minimum atomic E-state index is 0.127. The molecule has 2 aliphatic heterocycles. The number of hydrogen-bond donors (Lipinski definition) is 1. The van der Waals surface area contributed by atoms with E-state index in [0.717, 1.165) is 38.6 Å². The average Bonchev–Trinajstić information content (AvgIpc) is 2.41. The third-order valence-corrected chi connectivity index (χ3v) is 4.75. The predicted molar refractivity (Wildman–Crippen MR) is 73.8 cm³/mol. The van der Waals surface area contributed by atoms with Crippen LogP contribution >= 0.6 is 0 Å². The van der Waals surface area contributed by atoms with Gasteiger partial charge in [0.25, 0.3) is 0 Å². The lowest BCUT2D eigenvalue weighted by Crippen LogP contribution is -2.50. The van der Waals surface area contributed by atoms with Crippen molar-refractivity contribution >= 4 is 0 Å². The maximum Gasteiger partial charge on any atom is 0.0741 e. The smallest absolute Gasteiger partial charge is 0.0741 e. The molecule has 0 amide bonds. The Morgan fingerprint density at radius 3 is 2.56 bits per heavy atom. The molecule has 0 saturated carbocycles. The van der Waals surface area contributed by atoms with Crippen molar-refractivity contribution in [1.82, 2.24) is 5.32 Å². The van der Waals surface area contributed by atoms with Gasteiger partial charge in [0.2, 0.25) is 0 Å². The third-order valence-electron chi connectivity index (χ3n) is 4.75. The van der Waals surface area contributed by atoms with Gasteiger partial charge in [0.05, 0.1) is 5.60 Å². The topological polar surface area (TPSA) is 30.5 Å². The summed E-state index contributed by atoms with van der Waals surface area (Å²) >= 11 is 0. The fourth-order valence-corrected chi connectivity index (χ4v) is 3.20. The standard InChI is InChI=1S/C15H29NO2/c1-3-13(4-2)12-16-14-5-8-18-15(11-14)6-9-17-10-7-15/h13-14,16H,3-12H2,1-2H3. The van der Waals surface area contributed by atoms with Crippen LogP contribution in [0.3, 0.4) is 0 Å². The Balaban J connectivity index is 1.79. The van der Waals surface area contributed by atoms with Crippen molar-refractivity contribution in [2.45, 2.75) is 64.0 Å². The van der Waals surface area contributed by atoms with E-state index in [0.29, 0.717) is 6.04 Å². The minimum absolute atomic E-state index is 0.127. The van der Waals surface area contributed by atoms with Crippen LogP contribution < -0.4 is 5.32 Å². The lowest BCUT2D eigenvalue weighted by Gasteiger charge is -2.43. The van der Waals surface area contributed by atoms with Crippen molar-refractivity contribution in [3.8, 4) is 0 Å². The Morgan fingerprint density at radius 2 is 1.89 bits per heavy atom. The van der Waals surface area contributed by atoms with Gasteiger partial charge >= 0.3 is 0 Å². The van der Waals surface area contributed by atoms with Crippen LogP contribution in [0.4, 0.5) is 0 Å². The second kappa shape index (κ2) is 6.88. The number of rotatable bonds is 5. The van der Waals surface area contributed by atoms with Crippen LogP contribution in [-0.4, -0.2) is 38.0 Å². The van der Waals surface area contributed by atoms with E-state index in [1.807, 2.05) is 0 Å². The normalized spacial score (nSPS) is 27.8. The van der Waals surface area contributed by atoms with Crippen LogP contribution in [0, 0.1) is 5.92 Å². The molecule has 106 valence electrons. The molecule has 0 aromatic heterocycles. The van der Waals surface area contributed by atoms with E-state index in [1.165, 1.54) is 32.2 Å². The lowest BCUT2D eigenvalue weighted by atomic mass is 9.84. The molecule has 3 heteroatoms. The van der Waals surface area contributed by atoms with Crippen molar-refractivity contribution in [2.75, 3.05) is 26.4 Å². The van der Waals surface area contributed by atoms with Crippen molar-refractivity contribution in [3.63, 3.8) is 0 Å². The summed E-state index contributed by atoms with van der Waals surface area (Å²) < 4.78 is 11.5. The molecule has 2 aliphatic rings. The van der Waals surface area contributed by atoms with E-state index in [1.54, 1.807) is 0 Å². The summed E-state index contributed by atoms with van der Waals surface area (Å²) in [5.41, 5.74) is 0.127. The first-order valence-electron chi connectivity index (χ1n) is 7.73. The molecule has 1 N–H and O–H groups in total. The fraction of sp³-hybridized carbons (Fsp3) is 1.00. The molecule has 0 aromatic rings. The van der Waals surface area contributed by atoms with Crippen LogP contribution in [-0.2, 0) is 9.47 Å². The molecule has 2 saturated heterocycles. The summed E-state index contributed by atoms with van der Waals surface area (Å²) in [5, 5.41) is 3.77. The zero-order chi connectivity index (χ0) is 12.8. The second-order valence-corrected chi connectivity index (χ2v) is 5.92. The molecule has 0 aliphatic carbocycles. The number of ether oxygens (including phenoxy) is 2. The van der Waals surface area contributed by atoms with Gasteiger partial charge in [-0.2, -0.15) is 0 Å². The van der Waals surface area contributed by atoms with Gasteiger partial charge in [0, 0.05) is 25.9 Å². The maximum absolute atomic E-state index is 6.08. The lowest BCUT2D eigenvalue weighted by molar-refractivity contribution is -0.140. The van der Waals surface area contributed by atoms with Crippen LogP contribution in [0.1, 0.15) is 52.4 Å². The Labute approximate surface area is 112 Å². The molecule has 0 aromatic carbocycles. The van der Waals surface area contributed by atoms with E-state index in [4.69, 9.17) is 9.47 Å². The van der Waals surface area contributed by atoms with Crippen LogP contribution in [0.25, 0.3) is 0 Å². The quantitative estimate of drug-likeness (QED) is 0.819. The zero-order valence-corrected chi connectivity index (χ0v) is 12.0. The Kier molecular flexibility index (Phi) is 5.46. The van der Waals surface area contributed by atoms with Gasteiger partial charge in [-0.05, 0) is 38.1 Å². The van der Waals surface area contributed by atoms with Crippen LogP contribution in [0.2, 0.25) is 0 Å². The summed E-state index contributed by atoms with van der Waals surface area (Å²) in [6.07, 6.45) is 7.07. The molecule has 3 nitrogen and oxygen atoms in total. The highest BCUT2D eigenvalue weighted by molar-refractivity contribution is 4.91. The monoisotopic (exact) mass is 255 g/mol. The molecule has 1 atom stereocenters. The zero-order valence-electron chi connectivity index (χ0n) is 12.0. The SMILES string of the molecule is CCC(CC)CNC1CCOC2(CCOCC2)C1. The second-order valence-electron chi connectivity index (χ2n) is 5.92. The highest BCUT2D eigenvalue weighted by Crippen LogP contribution is 2.34. The average molecular weight is 255 g/mol. The number of nitrogens with one attached hydrogen (secondary N) is 1. The molecule has 2 rings (SSSR count). The molecule has 1 spiro atoms. The maximum atomic E-state index is 6.08. The molecule has 1 unspecified atom stereocenters. The third kappa shape index (κ3) is 3.69. The first kappa shape index (κ1) is 14.3. The van der Waals surface area contributed by atoms with Gasteiger partial charge in [0.15, 0.2) is 0 Å². The van der Waals surface area contributed by atoms with Gasteiger partial charge in [-0.15, -0.1) is 0 Å². The van der Waals surface area contributed by atoms with E-state index in [2.05, 4.69) is 19.2 Å². The molecular weight excluding hydrogens is 226 g/mol. The van der Waals surface area contributed by atoms with Gasteiger partial charge in [-0.1, -0.05) is 26.7 Å². The number of hydrogen-bond acceptors (Lipinski definition) is 3. The summed E-state index contributed by atoms with van der Waals surface area (Å²) in [5.74, 6) is 0.832. The van der Waals surface area contributed by atoms with E-state index in [9.17, 15) is 0 Å². The van der Waals surface area contributed by atoms with Gasteiger partial charge < -0.3 is 14.8 Å². The van der Waals surface area contributed by atoms with Gasteiger partial charge in [-0.3, -0.25) is 0 Å². The van der Waals surface area contributed by atoms with Crippen molar-refractivity contribution < 1.29 is 9.47 Å². The summed E-state index contributed by atoms with van der Waals surface area (Å²) in [6.45, 7) is 8.42. The van der Waals surface area contributed by atoms with Crippen LogP contribution in [0.15, 0.2) is 0 Å². The van der Waals surface area contributed by atoms with Crippen molar-refractivity contribution in [1.29, 1.82) is 0 Å². The molecule has 2 fully saturated rings. The van der Waals surface area contributed by atoms with Gasteiger partial charge in [-0.25, -0.2) is 0 Å². The Morgan fingerprint density at radius 1 is 1.17 bits per heavy atom. The highest BCUT2D eigenvalue weighted by Gasteiger charge is 2.38. The van der Waals surface area contributed by atoms with Crippen molar-refractivity contribution in [3.05, 3.63) is 0 Å². The molecule has 2 heterocycles. The van der Waals surface area contributed by atoms with E-state index >= 15 is 0 Å². The van der Waals surface area contributed by atoms with E-state index < -0.39 is 0 Å². The largest absolute Gasteiger partial charge is 0.381 e. The first-order valence-corrected chi connectivity index (χ1v) is 7.73. The molecular formula is C15H29NO2. The Bertz CT molecular complexity index is 229. The van der Waals surface area contributed by atoms with E-state index in [-0.39, 0.29) is 5.60 Å². The minimum Gasteiger partial charge on any atom is -0.381 e. The van der Waals surface area contributed by atoms with Crippen molar-refractivity contribution in [2.24, 2.45) is 5.92 Å². The van der Waals surface area contributed by atoms with Crippen LogP contribution in [0.5, 0.6) is 0 Å². The van der Waals surface area contributed by atoms with Gasteiger partial charge in [0.1, 0.15) is 0 Å². The Hall–Kier alpha value is -0.120. The summed E-state index contributed by atoms with van der Waals surface area (Å²) in [4.78, 5) is 0. The first-order chi connectivity index (χ1) is 8.78.